The van der Waals surface area contributed by atoms with Gasteiger partial charge in [-0.1, -0.05) is 6.42 Å². The molecule has 27 heavy (non-hydrogen) atoms. The Labute approximate surface area is 159 Å². The van der Waals surface area contributed by atoms with Crippen LogP contribution in [0.3, 0.4) is 0 Å². The Morgan fingerprint density at radius 1 is 1.11 bits per heavy atom. The van der Waals surface area contributed by atoms with E-state index in [-0.39, 0.29) is 29.5 Å². The number of hydrogen-bond acceptors (Lipinski definition) is 4. The molecule has 2 amide bonds. The molecule has 0 atom stereocenters. The average Bonchev–Trinajstić information content (AvgIpc) is 2.70. The average molecular weight is 378 g/mol. The van der Waals surface area contributed by atoms with Gasteiger partial charge in [-0.2, -0.15) is 0 Å². The zero-order chi connectivity index (χ0) is 19.6. The van der Waals surface area contributed by atoms with Crippen LogP contribution >= 0.6 is 0 Å². The van der Waals surface area contributed by atoms with Gasteiger partial charge in [0.2, 0.25) is 5.91 Å². The van der Waals surface area contributed by atoms with E-state index in [1.54, 1.807) is 4.90 Å². The maximum atomic E-state index is 13.0. The molecule has 2 rings (SSSR count). The number of piperidine rings is 1. The predicted molar refractivity (Wildman–Crippen MR) is 98.5 cm³/mol. The van der Waals surface area contributed by atoms with Crippen molar-refractivity contribution in [1.82, 2.24) is 10.2 Å². The zero-order valence-electron chi connectivity index (χ0n) is 15.7. The number of likely N-dealkylation sites (tertiary alicyclic amines) is 1. The van der Waals surface area contributed by atoms with Gasteiger partial charge in [0.15, 0.2) is 0 Å². The van der Waals surface area contributed by atoms with Gasteiger partial charge >= 0.3 is 5.97 Å². The van der Waals surface area contributed by atoms with Gasteiger partial charge in [-0.15, -0.1) is 0 Å². The molecule has 0 spiro atoms. The van der Waals surface area contributed by atoms with E-state index in [9.17, 15) is 18.8 Å². The highest BCUT2D eigenvalue weighted by molar-refractivity contribution is 5.94. The predicted octanol–water partition coefficient (Wildman–Crippen LogP) is 2.53. The van der Waals surface area contributed by atoms with E-state index in [1.165, 1.54) is 31.4 Å². The van der Waals surface area contributed by atoms with Gasteiger partial charge < -0.3 is 15.0 Å². The Morgan fingerprint density at radius 3 is 2.41 bits per heavy atom. The number of methoxy groups -OCH3 is 1. The highest BCUT2D eigenvalue weighted by atomic mass is 19.1. The Hall–Kier alpha value is -2.44. The summed E-state index contributed by atoms with van der Waals surface area (Å²) in [6.07, 6.45) is 4.10. The fraction of sp³-hybridized carbons (Fsp3) is 0.550. The molecule has 0 aliphatic carbocycles. The normalized spacial score (nSPS) is 14.7. The summed E-state index contributed by atoms with van der Waals surface area (Å²) in [6, 6.07) is 5.52. The molecule has 6 nitrogen and oxygen atoms in total. The largest absolute Gasteiger partial charge is 0.469 e. The topological polar surface area (TPSA) is 75.7 Å². The Bertz CT molecular complexity index is 640. The van der Waals surface area contributed by atoms with Crippen LogP contribution in [0, 0.1) is 11.7 Å². The molecule has 148 valence electrons. The van der Waals surface area contributed by atoms with Crippen LogP contribution in [0.4, 0.5) is 4.39 Å². The monoisotopic (exact) mass is 378 g/mol. The summed E-state index contributed by atoms with van der Waals surface area (Å²) in [5.74, 6) is -0.762. The number of esters is 1. The lowest BCUT2D eigenvalue weighted by Crippen LogP contribution is -2.43. The lowest BCUT2D eigenvalue weighted by atomic mass is 9.95. The second kappa shape index (κ2) is 10.6. The van der Waals surface area contributed by atoms with E-state index in [2.05, 4.69) is 10.1 Å². The SMILES string of the molecule is COC(=O)CCCCCNC(=O)C1CCN(C(=O)c2ccc(F)cc2)CC1. The number of rotatable bonds is 8. The molecule has 1 fully saturated rings. The summed E-state index contributed by atoms with van der Waals surface area (Å²) >= 11 is 0. The fourth-order valence-electron chi connectivity index (χ4n) is 3.15. The van der Waals surface area contributed by atoms with Crippen LogP contribution in [-0.4, -0.2) is 49.4 Å². The van der Waals surface area contributed by atoms with Crippen LogP contribution in [0.2, 0.25) is 0 Å². The summed E-state index contributed by atoms with van der Waals surface area (Å²) in [5, 5.41) is 2.94. The third-order valence-electron chi connectivity index (χ3n) is 4.83. The quantitative estimate of drug-likeness (QED) is 0.557. The number of carbonyl (C=O) groups excluding carboxylic acids is 3. The van der Waals surface area contributed by atoms with Crippen molar-refractivity contribution in [1.29, 1.82) is 0 Å². The maximum absolute atomic E-state index is 13.0. The van der Waals surface area contributed by atoms with Crippen LogP contribution in [0.15, 0.2) is 24.3 Å². The van der Waals surface area contributed by atoms with Gasteiger partial charge in [-0.05, 0) is 49.9 Å². The Balaban J connectivity index is 1.64. The number of nitrogens with zero attached hydrogens (tertiary/aromatic N) is 1. The van der Waals surface area contributed by atoms with Gasteiger partial charge in [-0.3, -0.25) is 14.4 Å². The number of ether oxygens (including phenoxy) is 1. The first-order chi connectivity index (χ1) is 13.0. The highest BCUT2D eigenvalue weighted by Gasteiger charge is 2.27. The van der Waals surface area contributed by atoms with E-state index < -0.39 is 0 Å². The first-order valence-corrected chi connectivity index (χ1v) is 9.40. The Morgan fingerprint density at radius 2 is 1.78 bits per heavy atom. The minimum atomic E-state index is -0.368. The second-order valence-corrected chi connectivity index (χ2v) is 6.75. The van der Waals surface area contributed by atoms with Crippen LogP contribution < -0.4 is 5.32 Å². The number of halogens is 1. The summed E-state index contributed by atoms with van der Waals surface area (Å²) in [7, 11) is 1.38. The van der Waals surface area contributed by atoms with Crippen molar-refractivity contribution in [3.63, 3.8) is 0 Å². The maximum Gasteiger partial charge on any atom is 0.305 e. The molecular formula is C20H27FN2O4. The van der Waals surface area contributed by atoms with E-state index in [4.69, 9.17) is 0 Å². The standard InChI is InChI=1S/C20H27FN2O4/c1-27-18(24)5-3-2-4-12-22-19(25)15-10-13-23(14-11-15)20(26)16-6-8-17(21)9-7-16/h6-9,15H,2-5,10-14H2,1H3,(H,22,25). The number of carbonyl (C=O) groups is 3. The summed E-state index contributed by atoms with van der Waals surface area (Å²) in [4.78, 5) is 37.4. The van der Waals surface area contributed by atoms with Crippen molar-refractivity contribution < 1.29 is 23.5 Å². The smallest absolute Gasteiger partial charge is 0.305 e. The molecule has 1 N–H and O–H groups in total. The van der Waals surface area contributed by atoms with Crippen LogP contribution in [-0.2, 0) is 14.3 Å². The van der Waals surface area contributed by atoms with E-state index >= 15 is 0 Å². The molecule has 1 aromatic carbocycles. The summed E-state index contributed by atoms with van der Waals surface area (Å²) in [6.45, 7) is 1.63. The van der Waals surface area contributed by atoms with Gasteiger partial charge in [0.1, 0.15) is 5.82 Å². The third-order valence-corrected chi connectivity index (χ3v) is 4.83. The van der Waals surface area contributed by atoms with Crippen molar-refractivity contribution in [3.8, 4) is 0 Å². The number of hydrogen-bond donors (Lipinski definition) is 1. The van der Waals surface area contributed by atoms with Gasteiger partial charge in [0, 0.05) is 37.5 Å². The second-order valence-electron chi connectivity index (χ2n) is 6.75. The van der Waals surface area contributed by atoms with E-state index in [1.807, 2.05) is 0 Å². The number of amides is 2. The lowest BCUT2D eigenvalue weighted by molar-refractivity contribution is -0.140. The van der Waals surface area contributed by atoms with Crippen LogP contribution in [0.5, 0.6) is 0 Å². The molecule has 1 saturated heterocycles. The number of unbranched alkanes of at least 4 members (excludes halogenated alkanes) is 2. The molecule has 7 heteroatoms. The highest BCUT2D eigenvalue weighted by Crippen LogP contribution is 2.19. The van der Waals surface area contributed by atoms with Gasteiger partial charge in [0.25, 0.3) is 5.91 Å². The third kappa shape index (κ3) is 6.66. The molecule has 0 unspecified atom stereocenters. The van der Waals surface area contributed by atoms with Gasteiger partial charge in [-0.25, -0.2) is 4.39 Å². The zero-order valence-corrected chi connectivity index (χ0v) is 15.7. The first-order valence-electron chi connectivity index (χ1n) is 9.40. The number of benzene rings is 1. The van der Waals surface area contributed by atoms with Crippen LogP contribution in [0.25, 0.3) is 0 Å². The van der Waals surface area contributed by atoms with Crippen molar-refractivity contribution in [2.75, 3.05) is 26.7 Å². The van der Waals surface area contributed by atoms with Crippen molar-refractivity contribution in [3.05, 3.63) is 35.6 Å². The minimum Gasteiger partial charge on any atom is -0.469 e. The molecule has 0 radical (unpaired) electrons. The van der Waals surface area contributed by atoms with Crippen molar-refractivity contribution in [2.24, 2.45) is 5.92 Å². The number of nitrogens with one attached hydrogen (secondary N) is 1. The first kappa shape index (κ1) is 20.9. The molecule has 0 aromatic heterocycles. The van der Waals surface area contributed by atoms with Crippen molar-refractivity contribution in [2.45, 2.75) is 38.5 Å². The van der Waals surface area contributed by atoms with Crippen LogP contribution in [0.1, 0.15) is 48.9 Å². The molecule has 0 bridgehead atoms. The van der Waals surface area contributed by atoms with E-state index in [0.29, 0.717) is 44.5 Å². The molecule has 1 aliphatic heterocycles. The summed E-state index contributed by atoms with van der Waals surface area (Å²) in [5.41, 5.74) is 0.464. The minimum absolute atomic E-state index is 0.0249. The molecule has 0 saturated carbocycles. The lowest BCUT2D eigenvalue weighted by Gasteiger charge is -2.31. The van der Waals surface area contributed by atoms with E-state index in [0.717, 1.165) is 19.3 Å². The van der Waals surface area contributed by atoms with Gasteiger partial charge in [0.05, 0.1) is 7.11 Å². The summed E-state index contributed by atoms with van der Waals surface area (Å²) < 4.78 is 17.5. The Kier molecular flexibility index (Phi) is 8.23. The fourth-order valence-corrected chi connectivity index (χ4v) is 3.15. The molecule has 1 aliphatic rings. The molecule has 1 aromatic rings. The molecular weight excluding hydrogens is 351 g/mol. The molecule has 1 heterocycles. The van der Waals surface area contributed by atoms with Crippen molar-refractivity contribution >= 4 is 17.8 Å².